The van der Waals surface area contributed by atoms with Crippen LogP contribution in [0.3, 0.4) is 0 Å². The van der Waals surface area contributed by atoms with Crippen molar-refractivity contribution in [1.29, 1.82) is 0 Å². The lowest BCUT2D eigenvalue weighted by atomic mass is 9.98. The maximum atomic E-state index is 14.0. The molecule has 1 N–H and O–H groups in total. The van der Waals surface area contributed by atoms with Crippen LogP contribution in [0.15, 0.2) is 41.3 Å². The molecule has 4 heterocycles. The summed E-state index contributed by atoms with van der Waals surface area (Å²) in [6, 6.07) is 11.8. The van der Waals surface area contributed by atoms with Gasteiger partial charge in [0.25, 0.3) is 11.5 Å². The van der Waals surface area contributed by atoms with Crippen LogP contribution in [0.1, 0.15) is 17.3 Å². The third-order valence-corrected chi connectivity index (χ3v) is 12.2. The van der Waals surface area contributed by atoms with E-state index in [1.54, 1.807) is 10.9 Å². The van der Waals surface area contributed by atoms with Gasteiger partial charge in [-0.2, -0.15) is 16.7 Å². The Morgan fingerprint density at radius 1 is 0.977 bits per heavy atom. The number of para-hydroxylation sites is 1. The van der Waals surface area contributed by atoms with E-state index in [9.17, 15) is 9.59 Å². The maximum Gasteiger partial charge on any atom is 0.298 e. The van der Waals surface area contributed by atoms with Gasteiger partial charge in [-0.1, -0.05) is 57.5 Å². The zero-order valence-corrected chi connectivity index (χ0v) is 29.7. The van der Waals surface area contributed by atoms with Crippen LogP contribution in [0.2, 0.25) is 51.4 Å². The number of hydrogen-bond donors (Lipinski definition) is 1. The van der Waals surface area contributed by atoms with Crippen molar-refractivity contribution in [2.75, 3.05) is 66.5 Å². The van der Waals surface area contributed by atoms with Crippen molar-refractivity contribution in [3.8, 4) is 0 Å². The molecule has 0 aliphatic carbocycles. The number of aromatic nitrogens is 3. The molecule has 0 spiro atoms. The molecule has 10 nitrogen and oxygen atoms in total. The zero-order chi connectivity index (χ0) is 31.5. The van der Waals surface area contributed by atoms with Crippen molar-refractivity contribution in [3.63, 3.8) is 0 Å². The molecule has 1 aromatic carbocycles. The molecular weight excluding hydrogens is 609 g/mol. The van der Waals surface area contributed by atoms with E-state index in [-0.39, 0.29) is 24.9 Å². The number of fused-ring (bicyclic) bond motifs is 2. The molecule has 44 heavy (non-hydrogen) atoms. The Bertz CT molecular complexity index is 1510. The summed E-state index contributed by atoms with van der Waals surface area (Å²) in [5.41, 5.74) is 4.73. The second-order valence-electron chi connectivity index (χ2n) is 14.0. The topological polar surface area (TPSA) is 102 Å². The molecule has 1 fully saturated rings. The number of carbonyl (C=O) groups is 1. The second kappa shape index (κ2) is 13.7. The number of amides is 1. The minimum atomic E-state index is -1.31. The molecule has 5 rings (SSSR count). The summed E-state index contributed by atoms with van der Waals surface area (Å²) in [7, 11) is -2.62. The molecular formula is C31H46N6O4SSi2. The fourth-order valence-electron chi connectivity index (χ4n) is 5.28. The zero-order valence-electron chi connectivity index (χ0n) is 26.9. The normalized spacial score (nSPS) is 17.2. The lowest BCUT2D eigenvalue weighted by Crippen LogP contribution is -2.42. The highest BCUT2D eigenvalue weighted by molar-refractivity contribution is 7.99. The number of nitrogens with one attached hydrogen (secondary N) is 1. The molecule has 13 heteroatoms. The number of thioether (sulfide) groups is 1. The maximum absolute atomic E-state index is 14.0. The monoisotopic (exact) mass is 654 g/mol. The van der Waals surface area contributed by atoms with Crippen molar-refractivity contribution < 1.29 is 14.3 Å². The Labute approximate surface area is 266 Å². The van der Waals surface area contributed by atoms with Gasteiger partial charge in [-0.25, -0.2) is 4.68 Å². The third-order valence-electron chi connectivity index (χ3n) is 7.87. The molecule has 1 saturated heterocycles. The van der Waals surface area contributed by atoms with E-state index in [4.69, 9.17) is 9.47 Å². The van der Waals surface area contributed by atoms with Crippen LogP contribution in [-0.4, -0.2) is 88.0 Å². The average Bonchev–Trinajstić information content (AvgIpc) is 3.30. The van der Waals surface area contributed by atoms with Crippen LogP contribution in [0.25, 0.3) is 10.9 Å². The van der Waals surface area contributed by atoms with Crippen LogP contribution >= 0.6 is 11.8 Å². The lowest BCUT2D eigenvalue weighted by Gasteiger charge is -2.34. The van der Waals surface area contributed by atoms with Crippen molar-refractivity contribution in [3.05, 3.63) is 58.3 Å². The van der Waals surface area contributed by atoms with Gasteiger partial charge in [0, 0.05) is 65.5 Å². The Balaban J connectivity index is 1.57. The quantitative estimate of drug-likeness (QED) is 0.155. The number of ether oxygens (including phenoxy) is 2. The van der Waals surface area contributed by atoms with Gasteiger partial charge < -0.3 is 19.3 Å². The summed E-state index contributed by atoms with van der Waals surface area (Å²) in [6.45, 7) is 17.1. The number of anilines is 2. The van der Waals surface area contributed by atoms with E-state index in [1.807, 2.05) is 47.0 Å². The fraction of sp³-hybridized carbons (Fsp3) is 0.548. The molecule has 3 aromatic rings. The summed E-state index contributed by atoms with van der Waals surface area (Å²) in [4.78, 5) is 40.9. The summed E-state index contributed by atoms with van der Waals surface area (Å²) in [5, 5.41) is 0.925. The minimum absolute atomic E-state index is 0.230. The van der Waals surface area contributed by atoms with Crippen molar-refractivity contribution in [1.82, 2.24) is 14.6 Å². The number of benzene rings is 1. The Kier molecular flexibility index (Phi) is 10.2. The first kappa shape index (κ1) is 32.7. The van der Waals surface area contributed by atoms with Gasteiger partial charge in [0.1, 0.15) is 25.1 Å². The highest BCUT2D eigenvalue weighted by Crippen LogP contribution is 2.36. The third kappa shape index (κ3) is 7.92. The van der Waals surface area contributed by atoms with Gasteiger partial charge in [0.05, 0.1) is 5.52 Å². The van der Waals surface area contributed by atoms with E-state index in [2.05, 4.69) is 59.6 Å². The number of rotatable bonds is 13. The largest absolute Gasteiger partial charge is 0.362 e. The first-order chi connectivity index (χ1) is 20.9. The van der Waals surface area contributed by atoms with Crippen molar-refractivity contribution in [2.24, 2.45) is 0 Å². The molecule has 0 radical (unpaired) electrons. The number of hydrogen-bond acceptors (Lipinski definition) is 9. The SMILES string of the molecule is C[Si](C)(C)CCOCN(COCC[Si](C)(C)C)c1c(N2CCSCC2)c(=O)nc2n1NC(=O)C2c1cnc2ccccc2c1. The Morgan fingerprint density at radius 2 is 1.61 bits per heavy atom. The van der Waals surface area contributed by atoms with E-state index in [0.717, 1.165) is 47.6 Å². The first-order valence-electron chi connectivity index (χ1n) is 15.5. The summed E-state index contributed by atoms with van der Waals surface area (Å²) >= 11 is 1.87. The Morgan fingerprint density at radius 3 is 2.25 bits per heavy atom. The molecule has 1 atom stereocenters. The van der Waals surface area contributed by atoms with E-state index in [1.165, 1.54) is 0 Å². The predicted octanol–water partition coefficient (Wildman–Crippen LogP) is 4.99. The smallest absolute Gasteiger partial charge is 0.298 e. The van der Waals surface area contributed by atoms with Gasteiger partial charge in [-0.3, -0.25) is 20.0 Å². The van der Waals surface area contributed by atoms with E-state index >= 15 is 0 Å². The molecule has 0 bridgehead atoms. The highest BCUT2D eigenvalue weighted by Gasteiger charge is 2.39. The summed E-state index contributed by atoms with van der Waals surface area (Å²) < 4.78 is 14.2. The van der Waals surface area contributed by atoms with Gasteiger partial charge in [0.2, 0.25) is 0 Å². The van der Waals surface area contributed by atoms with Crippen LogP contribution in [0.4, 0.5) is 11.5 Å². The standard InChI is InChI=1S/C31H46N6O4SSi2/c1-43(2,3)17-13-40-21-36(22-41-14-18-44(4,5)6)31-27(35-11-15-42-16-12-35)30(39)33-28-26(29(38)34-37(28)31)24-19-23-9-7-8-10-25(23)32-20-24/h7-10,19-20,26H,11-18,21-22H2,1-6H3,(H,34,38). The molecule has 1 amide bonds. The van der Waals surface area contributed by atoms with Gasteiger partial charge >= 0.3 is 0 Å². The van der Waals surface area contributed by atoms with Crippen LogP contribution in [-0.2, 0) is 14.3 Å². The van der Waals surface area contributed by atoms with Crippen LogP contribution in [0.5, 0.6) is 0 Å². The van der Waals surface area contributed by atoms with E-state index in [0.29, 0.717) is 36.1 Å². The molecule has 0 saturated carbocycles. The Hall–Kier alpha value is -2.72. The predicted molar refractivity (Wildman–Crippen MR) is 186 cm³/mol. The highest BCUT2D eigenvalue weighted by atomic mass is 32.2. The molecule has 1 unspecified atom stereocenters. The number of nitrogens with zero attached hydrogens (tertiary/aromatic N) is 5. The van der Waals surface area contributed by atoms with Crippen LogP contribution < -0.4 is 20.8 Å². The molecule has 2 aliphatic rings. The van der Waals surface area contributed by atoms with Crippen LogP contribution in [0, 0.1) is 0 Å². The first-order valence-corrected chi connectivity index (χ1v) is 24.0. The average molecular weight is 655 g/mol. The molecule has 238 valence electrons. The lowest BCUT2D eigenvalue weighted by molar-refractivity contribution is -0.116. The summed E-state index contributed by atoms with van der Waals surface area (Å²) in [5.74, 6) is 1.73. The van der Waals surface area contributed by atoms with Gasteiger partial charge in [-0.05, 0) is 29.8 Å². The van der Waals surface area contributed by atoms with Crippen molar-refractivity contribution in [2.45, 2.75) is 57.3 Å². The fourth-order valence-corrected chi connectivity index (χ4v) is 7.70. The van der Waals surface area contributed by atoms with E-state index < -0.39 is 22.1 Å². The van der Waals surface area contributed by atoms with Gasteiger partial charge in [-0.15, -0.1) is 0 Å². The second-order valence-corrected chi connectivity index (χ2v) is 26.5. The number of carbonyl (C=O) groups excluding carboxylic acids is 1. The summed E-state index contributed by atoms with van der Waals surface area (Å²) in [6.07, 6.45) is 1.71. The molecule has 2 aromatic heterocycles. The van der Waals surface area contributed by atoms with Gasteiger partial charge in [0.15, 0.2) is 11.6 Å². The van der Waals surface area contributed by atoms with Crippen molar-refractivity contribution >= 4 is 56.2 Å². The number of pyridine rings is 1. The molecule has 2 aliphatic heterocycles. The minimum Gasteiger partial charge on any atom is -0.362 e.